The van der Waals surface area contributed by atoms with Crippen molar-refractivity contribution < 1.29 is 19.0 Å². The summed E-state index contributed by atoms with van der Waals surface area (Å²) >= 11 is 17.5. The minimum atomic E-state index is -0.632. The van der Waals surface area contributed by atoms with E-state index in [0.29, 0.717) is 55.0 Å². The van der Waals surface area contributed by atoms with Crippen molar-refractivity contribution in [2.75, 3.05) is 24.3 Å². The molecule has 2 heterocycles. The van der Waals surface area contributed by atoms with Gasteiger partial charge >= 0.3 is 5.97 Å². The molecule has 2 aromatic carbocycles. The molecule has 0 amide bonds. The van der Waals surface area contributed by atoms with Gasteiger partial charge in [0, 0.05) is 21.3 Å². The Labute approximate surface area is 249 Å². The van der Waals surface area contributed by atoms with Crippen molar-refractivity contribution in [1.82, 2.24) is 14.8 Å². The SMILES string of the molecule is C=CCOC(=O)C1=C(C)Nc2nc(SCC)nn2C1c1cc(Br)c(OCc2ccc(Cl)cc2Cl)c(OCC)c1. The largest absolute Gasteiger partial charge is 0.490 e. The number of aromatic nitrogens is 3. The summed E-state index contributed by atoms with van der Waals surface area (Å²) in [5.41, 5.74) is 2.52. The van der Waals surface area contributed by atoms with Gasteiger partial charge in [0.25, 0.3) is 0 Å². The molecule has 4 rings (SSSR count). The van der Waals surface area contributed by atoms with Crippen molar-refractivity contribution in [3.63, 3.8) is 0 Å². The first-order valence-corrected chi connectivity index (χ1v) is 14.7. The number of carbonyl (C=O) groups is 1. The van der Waals surface area contributed by atoms with Crippen LogP contribution >= 0.6 is 50.9 Å². The molecule has 1 aliphatic rings. The Hall–Kier alpha value is -2.66. The van der Waals surface area contributed by atoms with Crippen LogP contribution in [0, 0.1) is 0 Å². The first-order chi connectivity index (χ1) is 18.8. The molecular weight excluding hydrogens is 627 g/mol. The standard InChI is InChI=1S/C27H27BrCl2N4O4S/c1-5-10-37-25(35)22-15(4)31-26-32-27(39-7-3)33-34(26)23(22)17-11-19(28)24(21(12-17)36-6-2)38-14-16-8-9-18(29)13-20(16)30/h5,8-9,11-13,23H,1,6-7,10,14H2,2-4H3,(H,31,32,33). The Balaban J connectivity index is 1.78. The summed E-state index contributed by atoms with van der Waals surface area (Å²) in [6, 6.07) is 8.33. The predicted molar refractivity (Wildman–Crippen MR) is 158 cm³/mol. The lowest BCUT2D eigenvalue weighted by molar-refractivity contribution is -0.138. The van der Waals surface area contributed by atoms with Gasteiger partial charge < -0.3 is 19.5 Å². The Kier molecular flexibility index (Phi) is 9.87. The van der Waals surface area contributed by atoms with Crippen LogP contribution in [0.25, 0.3) is 0 Å². The first kappa shape index (κ1) is 29.3. The van der Waals surface area contributed by atoms with Crippen molar-refractivity contribution in [2.24, 2.45) is 0 Å². The highest BCUT2D eigenvalue weighted by Gasteiger charge is 2.36. The van der Waals surface area contributed by atoms with E-state index < -0.39 is 12.0 Å². The second kappa shape index (κ2) is 13.1. The van der Waals surface area contributed by atoms with Crippen LogP contribution in [0.15, 0.2) is 63.9 Å². The minimum absolute atomic E-state index is 0.0808. The monoisotopic (exact) mass is 652 g/mol. The summed E-state index contributed by atoms with van der Waals surface area (Å²) in [6.45, 7) is 10.0. The highest BCUT2D eigenvalue weighted by molar-refractivity contribution is 9.10. The van der Waals surface area contributed by atoms with Gasteiger partial charge in [-0.3, -0.25) is 0 Å². The van der Waals surface area contributed by atoms with Gasteiger partial charge in [-0.05, 0) is 65.4 Å². The summed E-state index contributed by atoms with van der Waals surface area (Å²) in [7, 11) is 0. The van der Waals surface area contributed by atoms with E-state index in [1.54, 1.807) is 16.8 Å². The van der Waals surface area contributed by atoms with E-state index in [2.05, 4.69) is 32.8 Å². The molecule has 0 saturated heterocycles. The van der Waals surface area contributed by atoms with E-state index in [9.17, 15) is 4.79 Å². The number of hydrogen-bond donors (Lipinski definition) is 1. The van der Waals surface area contributed by atoms with Gasteiger partial charge in [0.05, 0.1) is 16.7 Å². The average Bonchev–Trinajstić information content (AvgIpc) is 3.29. The number of anilines is 1. The van der Waals surface area contributed by atoms with Gasteiger partial charge in [0.2, 0.25) is 11.1 Å². The molecule has 1 unspecified atom stereocenters. The van der Waals surface area contributed by atoms with Crippen molar-refractivity contribution >= 4 is 62.8 Å². The van der Waals surface area contributed by atoms with Crippen molar-refractivity contribution in [2.45, 2.75) is 38.6 Å². The maximum absolute atomic E-state index is 13.2. The quantitative estimate of drug-likeness (QED) is 0.130. The molecule has 3 aromatic rings. The van der Waals surface area contributed by atoms with Crippen LogP contribution < -0.4 is 14.8 Å². The van der Waals surface area contributed by atoms with Crippen LogP contribution in [0.5, 0.6) is 11.5 Å². The lowest BCUT2D eigenvalue weighted by atomic mass is 9.95. The number of hydrogen-bond acceptors (Lipinski definition) is 8. The fraction of sp³-hybridized carbons (Fsp3) is 0.296. The van der Waals surface area contributed by atoms with Crippen LogP contribution in [-0.4, -0.2) is 39.7 Å². The fourth-order valence-electron chi connectivity index (χ4n) is 4.04. The molecule has 1 aliphatic heterocycles. The maximum Gasteiger partial charge on any atom is 0.338 e. The van der Waals surface area contributed by atoms with E-state index in [1.165, 1.54) is 17.8 Å². The van der Waals surface area contributed by atoms with Crippen LogP contribution in [0.3, 0.4) is 0 Å². The number of esters is 1. The summed E-state index contributed by atoms with van der Waals surface area (Å²) < 4.78 is 19.9. The first-order valence-electron chi connectivity index (χ1n) is 12.1. The summed E-state index contributed by atoms with van der Waals surface area (Å²) in [6.07, 6.45) is 1.53. The summed E-state index contributed by atoms with van der Waals surface area (Å²) in [5.74, 6) is 1.84. The number of thioether (sulfide) groups is 1. The van der Waals surface area contributed by atoms with Crippen LogP contribution in [0.4, 0.5) is 5.95 Å². The second-order valence-electron chi connectivity index (χ2n) is 8.34. The molecule has 0 aliphatic carbocycles. The molecule has 8 nitrogen and oxygen atoms in total. The third kappa shape index (κ3) is 6.57. The van der Waals surface area contributed by atoms with E-state index in [1.807, 2.05) is 39.0 Å². The average molecular weight is 654 g/mol. The molecule has 0 saturated carbocycles. The topological polar surface area (TPSA) is 87.5 Å². The number of halogens is 3. The zero-order valence-corrected chi connectivity index (χ0v) is 25.5. The number of nitrogens with zero attached hydrogens (tertiary/aromatic N) is 3. The number of ether oxygens (including phenoxy) is 3. The van der Waals surface area contributed by atoms with Crippen molar-refractivity contribution in [3.05, 3.63) is 79.9 Å². The number of allylic oxidation sites excluding steroid dienone is 1. The minimum Gasteiger partial charge on any atom is -0.490 e. The third-order valence-corrected chi connectivity index (χ3v) is 7.59. The smallest absolute Gasteiger partial charge is 0.338 e. The van der Waals surface area contributed by atoms with E-state index in [-0.39, 0.29) is 13.2 Å². The Morgan fingerprint density at radius 2 is 2.05 bits per heavy atom. The number of benzene rings is 2. The number of nitrogens with one attached hydrogen (secondary N) is 1. The molecule has 206 valence electrons. The highest BCUT2D eigenvalue weighted by Crippen LogP contribution is 2.44. The molecule has 0 spiro atoms. The Morgan fingerprint density at radius 1 is 1.26 bits per heavy atom. The molecule has 0 fully saturated rings. The summed E-state index contributed by atoms with van der Waals surface area (Å²) in [5, 5.41) is 9.55. The normalized spacial score (nSPS) is 14.5. The van der Waals surface area contributed by atoms with Crippen LogP contribution in [-0.2, 0) is 16.1 Å². The number of fused-ring (bicyclic) bond motifs is 1. The zero-order valence-electron chi connectivity index (χ0n) is 21.6. The highest BCUT2D eigenvalue weighted by atomic mass is 79.9. The molecule has 1 N–H and O–H groups in total. The fourth-order valence-corrected chi connectivity index (χ4v) is 5.64. The maximum atomic E-state index is 13.2. The van der Waals surface area contributed by atoms with E-state index >= 15 is 0 Å². The Bertz CT molecular complexity index is 1430. The van der Waals surface area contributed by atoms with Gasteiger partial charge in [-0.25, -0.2) is 9.48 Å². The molecule has 1 atom stereocenters. The predicted octanol–water partition coefficient (Wildman–Crippen LogP) is 7.46. The molecule has 0 radical (unpaired) electrons. The molecule has 0 bridgehead atoms. The summed E-state index contributed by atoms with van der Waals surface area (Å²) in [4.78, 5) is 17.9. The molecule has 12 heteroatoms. The van der Waals surface area contributed by atoms with Gasteiger partial charge in [-0.2, -0.15) is 4.98 Å². The molecular formula is C27H27BrCl2N4O4S. The zero-order chi connectivity index (χ0) is 28.1. The van der Waals surface area contributed by atoms with Crippen LogP contribution in [0.1, 0.15) is 37.9 Å². The van der Waals surface area contributed by atoms with Crippen molar-refractivity contribution in [3.8, 4) is 11.5 Å². The number of carbonyl (C=O) groups excluding carboxylic acids is 1. The van der Waals surface area contributed by atoms with Gasteiger partial charge in [-0.1, -0.05) is 60.6 Å². The lowest BCUT2D eigenvalue weighted by Crippen LogP contribution is -2.29. The third-order valence-electron chi connectivity index (χ3n) is 5.69. The lowest BCUT2D eigenvalue weighted by Gasteiger charge is -2.29. The molecule has 39 heavy (non-hydrogen) atoms. The van der Waals surface area contributed by atoms with E-state index in [4.69, 9.17) is 42.5 Å². The molecule has 1 aromatic heterocycles. The van der Waals surface area contributed by atoms with Gasteiger partial charge in [0.1, 0.15) is 19.3 Å². The van der Waals surface area contributed by atoms with E-state index in [0.717, 1.165) is 16.9 Å². The van der Waals surface area contributed by atoms with Crippen LogP contribution in [0.2, 0.25) is 10.0 Å². The van der Waals surface area contributed by atoms with Gasteiger partial charge in [0.15, 0.2) is 11.5 Å². The number of rotatable bonds is 11. The van der Waals surface area contributed by atoms with Crippen molar-refractivity contribution in [1.29, 1.82) is 0 Å². The Morgan fingerprint density at radius 3 is 2.74 bits per heavy atom. The second-order valence-corrected chi connectivity index (χ2v) is 11.3. The van der Waals surface area contributed by atoms with Gasteiger partial charge in [-0.15, -0.1) is 5.10 Å².